The second kappa shape index (κ2) is 6.55. The van der Waals surface area contributed by atoms with Crippen molar-refractivity contribution in [3.8, 4) is 11.6 Å². The number of aryl methyl sites for hydroxylation is 1. The molecule has 0 spiro atoms. The third-order valence-electron chi connectivity index (χ3n) is 2.67. The minimum absolute atomic E-state index is 0.456. The van der Waals surface area contributed by atoms with Crippen molar-refractivity contribution in [3.63, 3.8) is 0 Å². The van der Waals surface area contributed by atoms with E-state index in [2.05, 4.69) is 4.98 Å². The topological polar surface area (TPSA) is 31.4 Å². The zero-order valence-electron chi connectivity index (χ0n) is 11.0. The summed E-state index contributed by atoms with van der Waals surface area (Å²) < 4.78 is 10.9. The van der Waals surface area contributed by atoms with Gasteiger partial charge in [-0.2, -0.15) is 0 Å². The molecule has 0 saturated heterocycles. The predicted octanol–water partition coefficient (Wildman–Crippen LogP) is 4.07. The summed E-state index contributed by atoms with van der Waals surface area (Å²) in [5.41, 5.74) is 3.02. The Balaban J connectivity index is 2.18. The smallest absolute Gasteiger partial charge is 0.222 e. The fourth-order valence-electron chi connectivity index (χ4n) is 1.78. The van der Waals surface area contributed by atoms with Crippen LogP contribution in [0.15, 0.2) is 36.5 Å². The van der Waals surface area contributed by atoms with E-state index in [1.54, 1.807) is 13.3 Å². The number of pyridine rings is 1. The van der Waals surface area contributed by atoms with Crippen LogP contribution in [-0.2, 0) is 17.2 Å². The lowest BCUT2D eigenvalue weighted by atomic mass is 10.2. The maximum atomic E-state index is 5.79. The number of alkyl halides is 1. The number of nitrogens with zero attached hydrogens (tertiary/aromatic N) is 1. The van der Waals surface area contributed by atoms with Crippen molar-refractivity contribution < 1.29 is 9.47 Å². The normalized spacial score (nSPS) is 10.5. The van der Waals surface area contributed by atoms with Gasteiger partial charge in [-0.25, -0.2) is 4.98 Å². The molecule has 2 rings (SSSR count). The van der Waals surface area contributed by atoms with Gasteiger partial charge in [-0.1, -0.05) is 12.1 Å². The highest BCUT2D eigenvalue weighted by Gasteiger charge is 2.05. The van der Waals surface area contributed by atoms with E-state index in [0.29, 0.717) is 18.4 Å². The Hall–Kier alpha value is -1.58. The monoisotopic (exact) mass is 277 g/mol. The van der Waals surface area contributed by atoms with Gasteiger partial charge in [0.05, 0.1) is 6.61 Å². The molecule has 2 aromatic rings. The number of halogens is 1. The van der Waals surface area contributed by atoms with Crippen LogP contribution in [0, 0.1) is 6.92 Å². The molecule has 4 heteroatoms. The van der Waals surface area contributed by atoms with Gasteiger partial charge >= 0.3 is 0 Å². The zero-order chi connectivity index (χ0) is 13.7. The molecule has 0 aliphatic rings. The highest BCUT2D eigenvalue weighted by Crippen LogP contribution is 2.24. The highest BCUT2D eigenvalue weighted by molar-refractivity contribution is 6.17. The number of methoxy groups -OCH3 is 1. The lowest BCUT2D eigenvalue weighted by molar-refractivity contribution is 0.184. The van der Waals surface area contributed by atoms with Gasteiger partial charge < -0.3 is 9.47 Å². The van der Waals surface area contributed by atoms with Gasteiger partial charge in [0, 0.05) is 24.8 Å². The summed E-state index contributed by atoms with van der Waals surface area (Å²) in [4.78, 5) is 4.28. The molecule has 19 heavy (non-hydrogen) atoms. The van der Waals surface area contributed by atoms with Crippen molar-refractivity contribution in [3.05, 3.63) is 53.2 Å². The quantitative estimate of drug-likeness (QED) is 0.772. The number of ether oxygens (including phenoxy) is 2. The first-order valence-electron chi connectivity index (χ1n) is 6.00. The van der Waals surface area contributed by atoms with Crippen molar-refractivity contribution in [1.82, 2.24) is 4.98 Å². The van der Waals surface area contributed by atoms with E-state index in [4.69, 9.17) is 21.1 Å². The molecular formula is C15H16ClNO2. The minimum Gasteiger partial charge on any atom is -0.439 e. The van der Waals surface area contributed by atoms with Crippen LogP contribution in [0.5, 0.6) is 11.6 Å². The molecule has 0 aliphatic heterocycles. The molecule has 3 nitrogen and oxygen atoms in total. The van der Waals surface area contributed by atoms with Gasteiger partial charge in [0.2, 0.25) is 5.88 Å². The van der Waals surface area contributed by atoms with E-state index in [9.17, 15) is 0 Å². The molecule has 0 N–H and O–H groups in total. The first-order chi connectivity index (χ1) is 9.22. The number of rotatable bonds is 5. The van der Waals surface area contributed by atoms with Gasteiger partial charge in [0.25, 0.3) is 0 Å². The van der Waals surface area contributed by atoms with Crippen molar-refractivity contribution in [2.75, 3.05) is 7.11 Å². The Morgan fingerprint density at radius 2 is 2.05 bits per heavy atom. The molecular weight excluding hydrogens is 262 g/mol. The second-order valence-corrected chi connectivity index (χ2v) is 4.55. The standard InChI is InChI=1S/C15H16ClNO2/c1-11-6-13(8-16)9-17-15(11)19-14-5-3-4-12(7-14)10-18-2/h3-7,9H,8,10H2,1-2H3. The summed E-state index contributed by atoms with van der Waals surface area (Å²) in [5, 5.41) is 0. The summed E-state index contributed by atoms with van der Waals surface area (Å²) in [5.74, 6) is 1.81. The first-order valence-corrected chi connectivity index (χ1v) is 6.53. The molecule has 0 saturated carbocycles. The predicted molar refractivity (Wildman–Crippen MR) is 75.8 cm³/mol. The number of hydrogen-bond donors (Lipinski definition) is 0. The fraction of sp³-hybridized carbons (Fsp3) is 0.267. The molecule has 0 fully saturated rings. The average molecular weight is 278 g/mol. The lowest BCUT2D eigenvalue weighted by Gasteiger charge is -2.09. The number of hydrogen-bond acceptors (Lipinski definition) is 3. The Labute approximate surface area is 118 Å². The third kappa shape index (κ3) is 3.69. The van der Waals surface area contributed by atoms with Gasteiger partial charge in [-0.15, -0.1) is 11.6 Å². The number of benzene rings is 1. The highest BCUT2D eigenvalue weighted by atomic mass is 35.5. The number of aromatic nitrogens is 1. The average Bonchev–Trinajstić information content (AvgIpc) is 2.42. The zero-order valence-corrected chi connectivity index (χ0v) is 11.8. The Bertz CT molecular complexity index is 558. The molecule has 1 heterocycles. The van der Waals surface area contributed by atoms with Gasteiger partial charge in [0.15, 0.2) is 0 Å². The minimum atomic E-state index is 0.456. The van der Waals surface area contributed by atoms with Crippen LogP contribution in [-0.4, -0.2) is 12.1 Å². The van der Waals surface area contributed by atoms with Crippen molar-refractivity contribution in [2.45, 2.75) is 19.4 Å². The first kappa shape index (κ1) is 13.8. The molecule has 1 aromatic heterocycles. The maximum absolute atomic E-state index is 5.79. The molecule has 1 aromatic carbocycles. The van der Waals surface area contributed by atoms with E-state index in [-0.39, 0.29) is 0 Å². The van der Waals surface area contributed by atoms with Crippen molar-refractivity contribution in [1.29, 1.82) is 0 Å². The van der Waals surface area contributed by atoms with E-state index in [1.807, 2.05) is 37.3 Å². The lowest BCUT2D eigenvalue weighted by Crippen LogP contribution is -1.94. The fourth-order valence-corrected chi connectivity index (χ4v) is 1.92. The summed E-state index contributed by atoms with van der Waals surface area (Å²) in [6.45, 7) is 2.52. The van der Waals surface area contributed by atoms with Gasteiger partial charge in [-0.05, 0) is 36.2 Å². The molecule has 0 aliphatic carbocycles. The Kier molecular flexibility index (Phi) is 4.77. The Morgan fingerprint density at radius 1 is 1.21 bits per heavy atom. The third-order valence-corrected chi connectivity index (χ3v) is 2.97. The van der Waals surface area contributed by atoms with Crippen LogP contribution in [0.25, 0.3) is 0 Å². The van der Waals surface area contributed by atoms with Crippen LogP contribution >= 0.6 is 11.6 Å². The SMILES string of the molecule is COCc1cccc(Oc2ncc(CCl)cc2C)c1. The van der Waals surface area contributed by atoms with Crippen LogP contribution < -0.4 is 4.74 Å². The Morgan fingerprint density at radius 3 is 2.74 bits per heavy atom. The molecule has 0 bridgehead atoms. The van der Waals surface area contributed by atoms with Gasteiger partial charge in [-0.3, -0.25) is 0 Å². The summed E-state index contributed by atoms with van der Waals surface area (Å²) >= 11 is 5.77. The van der Waals surface area contributed by atoms with E-state index >= 15 is 0 Å². The molecule has 0 atom stereocenters. The van der Waals surface area contributed by atoms with Crippen LogP contribution in [0.4, 0.5) is 0 Å². The van der Waals surface area contributed by atoms with E-state index < -0.39 is 0 Å². The second-order valence-electron chi connectivity index (χ2n) is 4.28. The summed E-state index contributed by atoms with van der Waals surface area (Å²) in [6.07, 6.45) is 1.73. The van der Waals surface area contributed by atoms with E-state index in [0.717, 1.165) is 22.4 Å². The van der Waals surface area contributed by atoms with Crippen molar-refractivity contribution >= 4 is 11.6 Å². The van der Waals surface area contributed by atoms with Gasteiger partial charge in [0.1, 0.15) is 5.75 Å². The van der Waals surface area contributed by atoms with Crippen LogP contribution in [0.2, 0.25) is 0 Å². The van der Waals surface area contributed by atoms with Crippen LogP contribution in [0.3, 0.4) is 0 Å². The van der Waals surface area contributed by atoms with Crippen molar-refractivity contribution in [2.24, 2.45) is 0 Å². The molecule has 0 unspecified atom stereocenters. The van der Waals surface area contributed by atoms with E-state index in [1.165, 1.54) is 0 Å². The molecule has 100 valence electrons. The molecule has 0 amide bonds. The maximum Gasteiger partial charge on any atom is 0.222 e. The summed E-state index contributed by atoms with van der Waals surface area (Å²) in [6, 6.07) is 9.75. The largest absolute Gasteiger partial charge is 0.439 e. The summed E-state index contributed by atoms with van der Waals surface area (Å²) in [7, 11) is 1.67. The molecule has 0 radical (unpaired) electrons. The van der Waals surface area contributed by atoms with Crippen LogP contribution in [0.1, 0.15) is 16.7 Å².